The molecule has 1 fully saturated rings. The fraction of sp³-hybridized carbons (Fsp3) is 0.750. The Morgan fingerprint density at radius 3 is 2.88 bits per heavy atom. The Kier molecular flexibility index (Phi) is 4.27. The van der Waals surface area contributed by atoms with Gasteiger partial charge in [0.05, 0.1) is 10.9 Å². The van der Waals surface area contributed by atoms with Gasteiger partial charge >= 0.3 is 0 Å². The third-order valence-corrected chi connectivity index (χ3v) is 5.56. The van der Waals surface area contributed by atoms with Gasteiger partial charge in [-0.3, -0.25) is 0 Å². The van der Waals surface area contributed by atoms with E-state index >= 15 is 0 Å². The molecule has 16 heavy (non-hydrogen) atoms. The van der Waals surface area contributed by atoms with Crippen molar-refractivity contribution < 1.29 is 0 Å². The lowest BCUT2D eigenvalue weighted by Crippen LogP contribution is -2.02. The normalized spacial score (nSPS) is 20.9. The first kappa shape index (κ1) is 12.4. The highest BCUT2D eigenvalue weighted by atomic mass is 32.2. The van der Waals surface area contributed by atoms with Gasteiger partial charge in [-0.1, -0.05) is 13.8 Å². The van der Waals surface area contributed by atoms with Crippen LogP contribution in [0.5, 0.6) is 0 Å². The molecule has 1 aliphatic heterocycles. The molecule has 1 aromatic heterocycles. The van der Waals surface area contributed by atoms with Crippen LogP contribution in [0.25, 0.3) is 0 Å². The summed E-state index contributed by atoms with van der Waals surface area (Å²) in [5.41, 5.74) is 7.06. The Morgan fingerprint density at radius 2 is 2.31 bits per heavy atom. The highest BCUT2D eigenvalue weighted by molar-refractivity contribution is 7.99. The Hall–Kier alpha value is -0.0600. The largest absolute Gasteiger partial charge is 0.326 e. The summed E-state index contributed by atoms with van der Waals surface area (Å²) in [5.74, 6) is 1.96. The molecule has 2 heterocycles. The number of nitrogens with zero attached hydrogens (tertiary/aromatic N) is 1. The number of hydrogen-bond donors (Lipinski definition) is 1. The number of thioether (sulfide) groups is 1. The van der Waals surface area contributed by atoms with Gasteiger partial charge in [0, 0.05) is 11.4 Å². The molecule has 1 unspecified atom stereocenters. The quantitative estimate of drug-likeness (QED) is 0.897. The molecule has 90 valence electrons. The van der Waals surface area contributed by atoms with Crippen LogP contribution in [0.1, 0.15) is 47.5 Å². The van der Waals surface area contributed by atoms with E-state index in [2.05, 4.69) is 25.6 Å². The number of nitrogens with two attached hydrogens (primary N) is 1. The minimum absolute atomic E-state index is 0.649. The smallest absolute Gasteiger partial charge is 0.106 e. The topological polar surface area (TPSA) is 38.9 Å². The summed E-state index contributed by atoms with van der Waals surface area (Å²) in [7, 11) is 0. The summed E-state index contributed by atoms with van der Waals surface area (Å²) < 4.78 is 0. The molecule has 0 saturated carbocycles. The molecule has 0 aliphatic carbocycles. The molecule has 1 aromatic rings. The van der Waals surface area contributed by atoms with Crippen molar-refractivity contribution in [3.05, 3.63) is 15.6 Å². The van der Waals surface area contributed by atoms with E-state index in [4.69, 9.17) is 10.7 Å². The number of thiazole rings is 1. The maximum atomic E-state index is 5.80. The molecule has 1 atom stereocenters. The van der Waals surface area contributed by atoms with E-state index in [0.717, 1.165) is 6.42 Å². The first-order chi connectivity index (χ1) is 7.70. The van der Waals surface area contributed by atoms with Crippen molar-refractivity contribution in [1.29, 1.82) is 0 Å². The molecule has 1 saturated heterocycles. The highest BCUT2D eigenvalue weighted by Gasteiger charge is 2.22. The number of hydrogen-bond acceptors (Lipinski definition) is 4. The van der Waals surface area contributed by atoms with Gasteiger partial charge in [0.1, 0.15) is 5.01 Å². The van der Waals surface area contributed by atoms with Crippen LogP contribution in [0.15, 0.2) is 0 Å². The van der Waals surface area contributed by atoms with E-state index in [0.29, 0.717) is 17.7 Å². The van der Waals surface area contributed by atoms with Gasteiger partial charge < -0.3 is 5.73 Å². The average molecular weight is 256 g/mol. The predicted octanol–water partition coefficient (Wildman–Crippen LogP) is 3.37. The van der Waals surface area contributed by atoms with E-state index in [1.807, 2.05) is 11.3 Å². The van der Waals surface area contributed by atoms with Gasteiger partial charge in [-0.25, -0.2) is 4.98 Å². The van der Waals surface area contributed by atoms with Crippen LogP contribution in [0.4, 0.5) is 0 Å². The standard InChI is InChI=1S/C12H20N2S2/c1-8(2)6-9-11(7-13)16-12(14-9)10-4-3-5-15-10/h8,10H,3-7,13H2,1-2H3. The molecule has 0 spiro atoms. The van der Waals surface area contributed by atoms with E-state index in [-0.39, 0.29) is 0 Å². The van der Waals surface area contributed by atoms with Crippen molar-refractivity contribution >= 4 is 23.1 Å². The molecule has 4 heteroatoms. The maximum Gasteiger partial charge on any atom is 0.106 e. The Bertz CT molecular complexity index is 341. The van der Waals surface area contributed by atoms with E-state index in [1.54, 1.807) is 0 Å². The molecular formula is C12H20N2S2. The van der Waals surface area contributed by atoms with Crippen molar-refractivity contribution in [3.8, 4) is 0 Å². The lowest BCUT2D eigenvalue weighted by Gasteiger charge is -2.03. The van der Waals surface area contributed by atoms with Crippen molar-refractivity contribution in [2.75, 3.05) is 5.75 Å². The van der Waals surface area contributed by atoms with Gasteiger partial charge in [-0.15, -0.1) is 11.3 Å². The Morgan fingerprint density at radius 1 is 1.50 bits per heavy atom. The molecule has 0 amide bonds. The minimum atomic E-state index is 0.649. The minimum Gasteiger partial charge on any atom is -0.326 e. The van der Waals surface area contributed by atoms with E-state index < -0.39 is 0 Å². The SMILES string of the molecule is CC(C)Cc1nc(C2CCCS2)sc1CN. The molecule has 0 bridgehead atoms. The second kappa shape index (κ2) is 5.52. The first-order valence-corrected chi connectivity index (χ1v) is 7.87. The predicted molar refractivity (Wildman–Crippen MR) is 73.0 cm³/mol. The summed E-state index contributed by atoms with van der Waals surface area (Å²) in [4.78, 5) is 6.12. The van der Waals surface area contributed by atoms with Gasteiger partial charge in [0.15, 0.2) is 0 Å². The number of rotatable bonds is 4. The molecule has 0 aromatic carbocycles. The summed E-state index contributed by atoms with van der Waals surface area (Å²) >= 11 is 3.90. The lowest BCUT2D eigenvalue weighted by atomic mass is 10.1. The van der Waals surface area contributed by atoms with Crippen LogP contribution in [0, 0.1) is 5.92 Å². The van der Waals surface area contributed by atoms with E-state index in [9.17, 15) is 0 Å². The molecular weight excluding hydrogens is 236 g/mol. The van der Waals surface area contributed by atoms with Crippen LogP contribution in [0.2, 0.25) is 0 Å². The molecule has 2 rings (SSSR count). The van der Waals surface area contributed by atoms with E-state index in [1.165, 1.54) is 34.2 Å². The Labute approximate surface area is 106 Å². The summed E-state index contributed by atoms with van der Waals surface area (Å²) in [5, 5.41) is 1.97. The van der Waals surface area contributed by atoms with Crippen LogP contribution in [-0.2, 0) is 13.0 Å². The zero-order valence-electron chi connectivity index (χ0n) is 10.0. The Balaban J connectivity index is 2.17. The molecule has 2 N–H and O–H groups in total. The van der Waals surface area contributed by atoms with Crippen molar-refractivity contribution in [2.24, 2.45) is 11.7 Å². The maximum absolute atomic E-state index is 5.80. The third-order valence-electron chi connectivity index (χ3n) is 2.79. The fourth-order valence-corrected chi connectivity index (χ4v) is 4.50. The third kappa shape index (κ3) is 2.79. The molecule has 1 aliphatic rings. The van der Waals surface area contributed by atoms with Gasteiger partial charge in [0.25, 0.3) is 0 Å². The van der Waals surface area contributed by atoms with Crippen LogP contribution < -0.4 is 5.73 Å². The lowest BCUT2D eigenvalue weighted by molar-refractivity contribution is 0.631. The number of aromatic nitrogens is 1. The molecule has 2 nitrogen and oxygen atoms in total. The van der Waals surface area contributed by atoms with Gasteiger partial charge in [0.2, 0.25) is 0 Å². The monoisotopic (exact) mass is 256 g/mol. The van der Waals surface area contributed by atoms with Crippen molar-refractivity contribution in [2.45, 2.75) is 44.9 Å². The van der Waals surface area contributed by atoms with Crippen LogP contribution in [-0.4, -0.2) is 10.7 Å². The summed E-state index contributed by atoms with van der Waals surface area (Å²) in [6.07, 6.45) is 3.70. The second-order valence-electron chi connectivity index (χ2n) is 4.73. The zero-order chi connectivity index (χ0) is 11.5. The highest BCUT2D eigenvalue weighted by Crippen LogP contribution is 2.42. The molecule has 0 radical (unpaired) electrons. The van der Waals surface area contributed by atoms with Crippen LogP contribution >= 0.6 is 23.1 Å². The first-order valence-electron chi connectivity index (χ1n) is 6.01. The average Bonchev–Trinajstić information content (AvgIpc) is 2.83. The van der Waals surface area contributed by atoms with Crippen molar-refractivity contribution in [1.82, 2.24) is 4.98 Å². The fourth-order valence-electron chi connectivity index (χ4n) is 2.02. The van der Waals surface area contributed by atoms with Gasteiger partial charge in [-0.2, -0.15) is 11.8 Å². The summed E-state index contributed by atoms with van der Waals surface area (Å²) in [6, 6.07) is 0. The van der Waals surface area contributed by atoms with Gasteiger partial charge in [-0.05, 0) is 30.9 Å². The second-order valence-corrected chi connectivity index (χ2v) is 7.15. The van der Waals surface area contributed by atoms with Crippen molar-refractivity contribution in [3.63, 3.8) is 0 Å². The van der Waals surface area contributed by atoms with Crippen LogP contribution in [0.3, 0.4) is 0 Å². The summed E-state index contributed by atoms with van der Waals surface area (Å²) in [6.45, 7) is 5.13. The zero-order valence-corrected chi connectivity index (χ0v) is 11.7.